The van der Waals surface area contributed by atoms with E-state index in [1.807, 2.05) is 6.92 Å². The second-order valence-corrected chi connectivity index (χ2v) is 6.64. The number of nitrogens with zero attached hydrogens (tertiary/aromatic N) is 3. The first-order valence-electron chi connectivity index (χ1n) is 7.05. The fourth-order valence-corrected chi connectivity index (χ4v) is 3.14. The summed E-state index contributed by atoms with van der Waals surface area (Å²) in [5.41, 5.74) is 0. The topological polar surface area (TPSA) is 55.3 Å². The van der Waals surface area contributed by atoms with E-state index in [1.54, 1.807) is 0 Å². The smallest absolute Gasteiger partial charge is 0.364 e. The number of halogens is 3. The van der Waals surface area contributed by atoms with Crippen LogP contribution in [0.3, 0.4) is 0 Å². The van der Waals surface area contributed by atoms with Gasteiger partial charge >= 0.3 is 6.18 Å². The fourth-order valence-electron chi connectivity index (χ4n) is 2.50. The largest absolute Gasteiger partial charge is 0.389 e. The van der Waals surface area contributed by atoms with Crippen LogP contribution in [0.15, 0.2) is 0 Å². The summed E-state index contributed by atoms with van der Waals surface area (Å²) in [4.78, 5) is 13.5. The maximum Gasteiger partial charge on any atom is 0.389 e. The van der Waals surface area contributed by atoms with Gasteiger partial charge in [-0.1, -0.05) is 11.3 Å². The second-order valence-electron chi connectivity index (χ2n) is 5.37. The summed E-state index contributed by atoms with van der Waals surface area (Å²) in [7, 11) is 0. The molecule has 1 aliphatic rings. The Morgan fingerprint density at radius 3 is 2.86 bits per heavy atom. The summed E-state index contributed by atoms with van der Waals surface area (Å²) in [6.45, 7) is 2.52. The van der Waals surface area contributed by atoms with Crippen LogP contribution < -0.4 is 0 Å². The minimum Gasteiger partial charge on any atom is -0.364 e. The van der Waals surface area contributed by atoms with Gasteiger partial charge in [0.2, 0.25) is 5.91 Å². The third-order valence-electron chi connectivity index (χ3n) is 3.41. The van der Waals surface area contributed by atoms with Crippen molar-refractivity contribution in [3.05, 3.63) is 10.0 Å². The van der Waals surface area contributed by atoms with E-state index in [9.17, 15) is 18.0 Å². The van der Waals surface area contributed by atoms with Crippen molar-refractivity contribution in [1.82, 2.24) is 15.1 Å². The van der Waals surface area contributed by atoms with Gasteiger partial charge in [0.1, 0.15) is 23.2 Å². The lowest BCUT2D eigenvalue weighted by atomic mass is 9.94. The molecule has 124 valence electrons. The molecule has 2 heterocycles. The van der Waals surface area contributed by atoms with Crippen molar-refractivity contribution in [3.8, 4) is 0 Å². The van der Waals surface area contributed by atoms with Crippen molar-refractivity contribution in [3.63, 3.8) is 0 Å². The molecule has 0 aromatic carbocycles. The molecule has 0 aliphatic carbocycles. The number of hydrogen-bond donors (Lipinski definition) is 0. The first-order chi connectivity index (χ1) is 10.3. The Balaban J connectivity index is 1.74. The van der Waals surface area contributed by atoms with E-state index in [-0.39, 0.29) is 25.7 Å². The van der Waals surface area contributed by atoms with Crippen LogP contribution in [0.25, 0.3) is 0 Å². The zero-order valence-corrected chi connectivity index (χ0v) is 13.0. The van der Waals surface area contributed by atoms with Crippen molar-refractivity contribution in [2.24, 2.45) is 5.92 Å². The monoisotopic (exact) mass is 337 g/mol. The minimum absolute atomic E-state index is 0.142. The van der Waals surface area contributed by atoms with Gasteiger partial charge < -0.3 is 9.64 Å². The summed E-state index contributed by atoms with van der Waals surface area (Å²) in [6, 6.07) is 0. The van der Waals surface area contributed by atoms with Crippen LogP contribution in [0.5, 0.6) is 0 Å². The quantitative estimate of drug-likeness (QED) is 0.829. The summed E-state index contributed by atoms with van der Waals surface area (Å²) in [6.07, 6.45) is -3.90. The third kappa shape index (κ3) is 5.53. The molecule has 0 spiro atoms. The molecule has 1 atom stereocenters. The molecule has 0 radical (unpaired) electrons. The second kappa shape index (κ2) is 7.36. The Labute approximate surface area is 130 Å². The number of carbonyl (C=O) groups excluding carboxylic acids is 1. The highest BCUT2D eigenvalue weighted by atomic mass is 32.1. The number of carbonyl (C=O) groups is 1. The number of ether oxygens (including phenoxy) is 1. The molecule has 22 heavy (non-hydrogen) atoms. The van der Waals surface area contributed by atoms with Crippen molar-refractivity contribution >= 4 is 17.2 Å². The van der Waals surface area contributed by atoms with E-state index in [4.69, 9.17) is 4.74 Å². The van der Waals surface area contributed by atoms with Crippen molar-refractivity contribution in [2.45, 2.75) is 39.0 Å². The lowest BCUT2D eigenvalue weighted by Gasteiger charge is -2.33. The van der Waals surface area contributed by atoms with Gasteiger partial charge in [-0.05, 0) is 25.7 Å². The van der Waals surface area contributed by atoms with Crippen LogP contribution in [0.4, 0.5) is 13.2 Å². The first-order valence-corrected chi connectivity index (χ1v) is 7.86. The van der Waals surface area contributed by atoms with Crippen LogP contribution >= 0.6 is 11.3 Å². The van der Waals surface area contributed by atoms with Gasteiger partial charge in [-0.2, -0.15) is 13.2 Å². The molecule has 1 amide bonds. The zero-order valence-electron chi connectivity index (χ0n) is 12.2. The standard InChI is InChI=1S/C13H18F3N3O2S/c1-9-17-18-11(22-9)7-21-8-12(20)19-4-2-3-10(6-19)5-13(14,15)16/h10H,2-8H2,1H3. The van der Waals surface area contributed by atoms with Crippen LogP contribution in [0.1, 0.15) is 29.3 Å². The van der Waals surface area contributed by atoms with E-state index >= 15 is 0 Å². The van der Waals surface area contributed by atoms with Crippen molar-refractivity contribution in [1.29, 1.82) is 0 Å². The number of likely N-dealkylation sites (tertiary alicyclic amines) is 1. The lowest BCUT2D eigenvalue weighted by Crippen LogP contribution is -2.42. The Hall–Kier alpha value is -1.22. The Morgan fingerprint density at radius 1 is 1.45 bits per heavy atom. The molecule has 2 rings (SSSR count). The van der Waals surface area contributed by atoms with E-state index in [2.05, 4.69) is 10.2 Å². The summed E-state index contributed by atoms with van der Waals surface area (Å²) < 4.78 is 42.5. The average Bonchev–Trinajstić information content (AvgIpc) is 2.83. The molecular weight excluding hydrogens is 319 g/mol. The van der Waals surface area contributed by atoms with Crippen LogP contribution in [-0.4, -0.2) is 46.9 Å². The molecular formula is C13H18F3N3O2S. The fraction of sp³-hybridized carbons (Fsp3) is 0.769. The van der Waals surface area contributed by atoms with E-state index in [0.29, 0.717) is 24.4 Å². The van der Waals surface area contributed by atoms with E-state index in [0.717, 1.165) is 5.01 Å². The van der Waals surface area contributed by atoms with Crippen molar-refractivity contribution in [2.75, 3.05) is 19.7 Å². The Bertz CT molecular complexity index is 507. The number of aromatic nitrogens is 2. The summed E-state index contributed by atoms with van der Waals surface area (Å²) >= 11 is 1.38. The average molecular weight is 337 g/mol. The molecule has 1 aromatic heterocycles. The van der Waals surface area contributed by atoms with Gasteiger partial charge in [-0.3, -0.25) is 4.79 Å². The highest BCUT2D eigenvalue weighted by Gasteiger charge is 2.34. The minimum atomic E-state index is -4.18. The number of alkyl halides is 3. The van der Waals surface area contributed by atoms with E-state index < -0.39 is 18.5 Å². The Morgan fingerprint density at radius 2 is 2.23 bits per heavy atom. The molecule has 5 nitrogen and oxygen atoms in total. The van der Waals surface area contributed by atoms with Gasteiger partial charge in [0.25, 0.3) is 0 Å². The van der Waals surface area contributed by atoms with Crippen molar-refractivity contribution < 1.29 is 22.7 Å². The molecule has 1 aliphatic heterocycles. The molecule has 1 aromatic rings. The molecule has 1 unspecified atom stereocenters. The van der Waals surface area contributed by atoms with Gasteiger partial charge in [0, 0.05) is 19.5 Å². The lowest BCUT2D eigenvalue weighted by molar-refractivity contribution is -0.154. The maximum absolute atomic E-state index is 12.4. The van der Waals surface area contributed by atoms with Gasteiger partial charge in [-0.15, -0.1) is 10.2 Å². The predicted molar refractivity (Wildman–Crippen MR) is 74.3 cm³/mol. The van der Waals surface area contributed by atoms with Gasteiger partial charge in [0.05, 0.1) is 0 Å². The molecule has 0 saturated carbocycles. The molecule has 9 heteroatoms. The summed E-state index contributed by atoms with van der Waals surface area (Å²) in [5.74, 6) is -0.781. The van der Waals surface area contributed by atoms with Crippen LogP contribution in [0, 0.1) is 12.8 Å². The highest BCUT2D eigenvalue weighted by molar-refractivity contribution is 7.11. The number of piperidine rings is 1. The third-order valence-corrected chi connectivity index (χ3v) is 4.22. The summed E-state index contributed by atoms with van der Waals surface area (Å²) in [5, 5.41) is 9.20. The number of aryl methyl sites for hydroxylation is 1. The number of rotatable bonds is 5. The Kier molecular flexibility index (Phi) is 5.74. The van der Waals surface area contributed by atoms with Crippen LogP contribution in [0.2, 0.25) is 0 Å². The molecule has 1 fully saturated rings. The van der Waals surface area contributed by atoms with E-state index in [1.165, 1.54) is 16.2 Å². The molecule has 1 saturated heterocycles. The molecule has 0 N–H and O–H groups in total. The zero-order chi connectivity index (χ0) is 16.2. The number of hydrogen-bond acceptors (Lipinski definition) is 5. The molecule has 0 bridgehead atoms. The maximum atomic E-state index is 12.4. The predicted octanol–water partition coefficient (Wildman–Crippen LogP) is 2.55. The highest BCUT2D eigenvalue weighted by Crippen LogP contribution is 2.30. The normalized spacial score (nSPS) is 19.5. The first kappa shape index (κ1) is 17.1. The number of amides is 1. The van der Waals surface area contributed by atoms with Gasteiger partial charge in [0.15, 0.2) is 0 Å². The SMILES string of the molecule is Cc1nnc(COCC(=O)N2CCCC(CC(F)(F)F)C2)s1. The van der Waals surface area contributed by atoms with Gasteiger partial charge in [-0.25, -0.2) is 0 Å². The van der Waals surface area contributed by atoms with Crippen LogP contribution in [-0.2, 0) is 16.1 Å².